The van der Waals surface area contributed by atoms with Crippen molar-refractivity contribution in [1.29, 1.82) is 0 Å². The maximum absolute atomic E-state index is 10.8. The first-order chi connectivity index (χ1) is 7.24. The van der Waals surface area contributed by atoms with Crippen molar-refractivity contribution in [2.45, 2.75) is 31.8 Å². The number of hydrogen-bond acceptors (Lipinski definition) is 4. The van der Waals surface area contributed by atoms with Crippen molar-refractivity contribution in [3.05, 3.63) is 0 Å². The molecular weight excluding hydrogens is 196 g/mol. The molecule has 0 rings (SSSR count). The van der Waals surface area contributed by atoms with Crippen LogP contribution in [0.5, 0.6) is 0 Å². The molecular formula is C11H18O4. The minimum absolute atomic E-state index is 0.190. The Morgan fingerprint density at radius 1 is 1.40 bits per heavy atom. The Hall–Kier alpha value is -1.05. The van der Waals surface area contributed by atoms with Crippen LogP contribution in [0.3, 0.4) is 0 Å². The van der Waals surface area contributed by atoms with E-state index in [4.69, 9.17) is 15.9 Å². The van der Waals surface area contributed by atoms with E-state index in [-0.39, 0.29) is 18.9 Å². The van der Waals surface area contributed by atoms with Crippen LogP contribution >= 0.6 is 0 Å². The molecule has 15 heavy (non-hydrogen) atoms. The van der Waals surface area contributed by atoms with Gasteiger partial charge < -0.3 is 14.2 Å². The first-order valence-electron chi connectivity index (χ1n) is 4.88. The minimum atomic E-state index is -0.234. The van der Waals surface area contributed by atoms with E-state index in [1.807, 2.05) is 0 Å². The summed E-state index contributed by atoms with van der Waals surface area (Å²) < 4.78 is 14.5. The van der Waals surface area contributed by atoms with Crippen molar-refractivity contribution < 1.29 is 19.0 Å². The molecule has 0 fully saturated rings. The SMILES string of the molecule is C#C[C@H](CCCCC(=O)OC)OCOC. The molecule has 4 heteroatoms. The van der Waals surface area contributed by atoms with Crippen LogP contribution in [-0.2, 0) is 19.0 Å². The van der Waals surface area contributed by atoms with Crippen molar-refractivity contribution in [3.8, 4) is 12.3 Å². The fraction of sp³-hybridized carbons (Fsp3) is 0.727. The third-order valence-electron chi connectivity index (χ3n) is 1.90. The number of hydrogen-bond donors (Lipinski definition) is 0. The third kappa shape index (κ3) is 7.98. The van der Waals surface area contributed by atoms with E-state index >= 15 is 0 Å². The van der Waals surface area contributed by atoms with Gasteiger partial charge in [-0.1, -0.05) is 5.92 Å². The van der Waals surface area contributed by atoms with Gasteiger partial charge in [-0.15, -0.1) is 6.42 Å². The van der Waals surface area contributed by atoms with E-state index in [1.54, 1.807) is 7.11 Å². The van der Waals surface area contributed by atoms with Gasteiger partial charge >= 0.3 is 5.97 Å². The number of methoxy groups -OCH3 is 2. The lowest BCUT2D eigenvalue weighted by atomic mass is 10.1. The van der Waals surface area contributed by atoms with Gasteiger partial charge in [0.1, 0.15) is 12.9 Å². The van der Waals surface area contributed by atoms with Gasteiger partial charge in [0.25, 0.3) is 0 Å². The van der Waals surface area contributed by atoms with Crippen molar-refractivity contribution >= 4 is 5.97 Å². The Morgan fingerprint density at radius 2 is 2.13 bits per heavy atom. The lowest BCUT2D eigenvalue weighted by molar-refractivity contribution is -0.140. The summed E-state index contributed by atoms with van der Waals surface area (Å²) in [7, 11) is 2.93. The van der Waals surface area contributed by atoms with Crippen LogP contribution in [0, 0.1) is 12.3 Å². The monoisotopic (exact) mass is 214 g/mol. The van der Waals surface area contributed by atoms with Crippen LogP contribution in [0.4, 0.5) is 0 Å². The Morgan fingerprint density at radius 3 is 2.67 bits per heavy atom. The summed E-state index contributed by atoms with van der Waals surface area (Å²) in [6, 6.07) is 0. The zero-order valence-corrected chi connectivity index (χ0v) is 9.32. The second kappa shape index (κ2) is 9.50. The zero-order valence-electron chi connectivity index (χ0n) is 9.32. The van der Waals surface area contributed by atoms with Gasteiger partial charge in [0.05, 0.1) is 7.11 Å². The molecule has 0 amide bonds. The fourth-order valence-electron chi connectivity index (χ4n) is 1.07. The molecule has 4 nitrogen and oxygen atoms in total. The molecule has 86 valence electrons. The van der Waals surface area contributed by atoms with Gasteiger partial charge in [0, 0.05) is 13.5 Å². The topological polar surface area (TPSA) is 44.8 Å². The number of esters is 1. The molecule has 0 N–H and O–H groups in total. The molecule has 0 spiro atoms. The second-order valence-corrected chi connectivity index (χ2v) is 3.05. The third-order valence-corrected chi connectivity index (χ3v) is 1.90. The van der Waals surface area contributed by atoms with Crippen molar-refractivity contribution in [2.75, 3.05) is 21.0 Å². The molecule has 0 aromatic heterocycles. The van der Waals surface area contributed by atoms with E-state index in [9.17, 15) is 4.79 Å². The molecule has 0 radical (unpaired) electrons. The van der Waals surface area contributed by atoms with E-state index in [0.717, 1.165) is 19.3 Å². The molecule has 0 heterocycles. The summed E-state index contributed by atoms with van der Waals surface area (Å²) in [5.41, 5.74) is 0. The van der Waals surface area contributed by atoms with Gasteiger partial charge in [-0.05, 0) is 19.3 Å². The van der Waals surface area contributed by atoms with Crippen LogP contribution in [0.2, 0.25) is 0 Å². The highest BCUT2D eigenvalue weighted by atomic mass is 16.7. The molecule has 1 atom stereocenters. The summed E-state index contributed by atoms with van der Waals surface area (Å²) in [6.45, 7) is 0.200. The van der Waals surface area contributed by atoms with Gasteiger partial charge in [0.15, 0.2) is 0 Å². The molecule has 0 aliphatic rings. The predicted molar refractivity (Wildman–Crippen MR) is 56.1 cm³/mol. The highest BCUT2D eigenvalue weighted by Crippen LogP contribution is 2.06. The Kier molecular flexibility index (Phi) is 8.84. The summed E-state index contributed by atoms with van der Waals surface area (Å²) in [5, 5.41) is 0. The number of unbranched alkanes of at least 4 members (excludes halogenated alkanes) is 1. The second-order valence-electron chi connectivity index (χ2n) is 3.05. The van der Waals surface area contributed by atoms with E-state index in [2.05, 4.69) is 10.7 Å². The normalized spacial score (nSPS) is 11.8. The molecule has 0 aliphatic carbocycles. The van der Waals surface area contributed by atoms with Crippen molar-refractivity contribution in [1.82, 2.24) is 0 Å². The van der Waals surface area contributed by atoms with E-state index in [1.165, 1.54) is 7.11 Å². The minimum Gasteiger partial charge on any atom is -0.469 e. The van der Waals surface area contributed by atoms with Crippen molar-refractivity contribution in [3.63, 3.8) is 0 Å². The summed E-state index contributed by atoms with van der Waals surface area (Å²) in [6.07, 6.45) is 7.79. The molecule has 0 saturated carbocycles. The predicted octanol–water partition coefficient (Wildman–Crippen LogP) is 1.34. The average molecular weight is 214 g/mol. The largest absolute Gasteiger partial charge is 0.469 e. The van der Waals surface area contributed by atoms with E-state index < -0.39 is 0 Å². The van der Waals surface area contributed by atoms with Crippen LogP contribution in [0.15, 0.2) is 0 Å². The molecule has 0 unspecified atom stereocenters. The Balaban J connectivity index is 3.47. The van der Waals surface area contributed by atoms with Crippen LogP contribution in [0.1, 0.15) is 25.7 Å². The van der Waals surface area contributed by atoms with Gasteiger partial charge in [-0.2, -0.15) is 0 Å². The summed E-state index contributed by atoms with van der Waals surface area (Å²) in [5.74, 6) is 2.33. The summed E-state index contributed by atoms with van der Waals surface area (Å²) >= 11 is 0. The van der Waals surface area contributed by atoms with Crippen LogP contribution < -0.4 is 0 Å². The Labute approximate surface area is 90.9 Å². The molecule has 0 aromatic carbocycles. The average Bonchev–Trinajstić information content (AvgIpc) is 2.27. The Bertz CT molecular complexity index is 207. The maximum atomic E-state index is 10.8. The van der Waals surface area contributed by atoms with Gasteiger partial charge in [0.2, 0.25) is 0 Å². The van der Waals surface area contributed by atoms with E-state index in [0.29, 0.717) is 6.42 Å². The van der Waals surface area contributed by atoms with Gasteiger partial charge in [-0.25, -0.2) is 0 Å². The number of ether oxygens (including phenoxy) is 3. The molecule has 0 saturated heterocycles. The van der Waals surface area contributed by atoms with Crippen LogP contribution in [0.25, 0.3) is 0 Å². The fourth-order valence-corrected chi connectivity index (χ4v) is 1.07. The summed E-state index contributed by atoms with van der Waals surface area (Å²) in [4.78, 5) is 10.8. The number of carbonyl (C=O) groups is 1. The highest BCUT2D eigenvalue weighted by Gasteiger charge is 2.05. The lowest BCUT2D eigenvalue weighted by Crippen LogP contribution is -2.12. The quantitative estimate of drug-likeness (QED) is 0.265. The molecule has 0 bridgehead atoms. The van der Waals surface area contributed by atoms with Crippen LogP contribution in [-0.4, -0.2) is 33.1 Å². The highest BCUT2D eigenvalue weighted by molar-refractivity contribution is 5.68. The van der Waals surface area contributed by atoms with Crippen molar-refractivity contribution in [2.24, 2.45) is 0 Å². The molecule has 0 aliphatic heterocycles. The van der Waals surface area contributed by atoms with Gasteiger partial charge in [-0.3, -0.25) is 4.79 Å². The molecule has 0 aromatic rings. The standard InChI is InChI=1S/C11H18O4/c1-4-10(15-9-13-2)7-5-6-8-11(12)14-3/h1,10H,5-9H2,2-3H3/t10-/m1/s1. The number of terminal acetylenes is 1. The number of carbonyl (C=O) groups excluding carboxylic acids is 1. The first-order valence-corrected chi connectivity index (χ1v) is 4.88. The lowest BCUT2D eigenvalue weighted by Gasteiger charge is -2.10. The maximum Gasteiger partial charge on any atom is 0.305 e. The first kappa shape index (κ1) is 13.9. The zero-order chi connectivity index (χ0) is 11.5. The smallest absolute Gasteiger partial charge is 0.305 e. The number of rotatable bonds is 8.